The molecule has 2 rings (SSSR count). The summed E-state index contributed by atoms with van der Waals surface area (Å²) >= 11 is 0. The quantitative estimate of drug-likeness (QED) is 0.926. The van der Waals surface area contributed by atoms with Crippen molar-refractivity contribution in [2.75, 3.05) is 20.1 Å². The second-order valence-electron chi connectivity index (χ2n) is 6.16. The Morgan fingerprint density at radius 2 is 1.90 bits per heavy atom. The molecule has 6 heteroatoms. The highest BCUT2D eigenvalue weighted by Crippen LogP contribution is 2.32. The molecule has 0 spiro atoms. The Hall–Kier alpha value is -0.850. The van der Waals surface area contributed by atoms with Gasteiger partial charge in [-0.05, 0) is 39.2 Å². The SMILES string of the molecule is CNCc1c(C)oc(C)c1S(=O)(=O)N1CCC(C)C(C)C1. The molecule has 2 heterocycles. The first-order chi connectivity index (χ1) is 9.78. The van der Waals surface area contributed by atoms with E-state index in [1.54, 1.807) is 11.2 Å². The molecule has 0 aliphatic carbocycles. The van der Waals surface area contributed by atoms with Crippen molar-refractivity contribution in [3.63, 3.8) is 0 Å². The summed E-state index contributed by atoms with van der Waals surface area (Å²) in [5.41, 5.74) is 0.751. The van der Waals surface area contributed by atoms with Crippen molar-refractivity contribution >= 4 is 10.0 Å². The van der Waals surface area contributed by atoms with Crippen molar-refractivity contribution in [1.82, 2.24) is 9.62 Å². The molecule has 120 valence electrons. The Bertz CT molecular complexity index is 607. The van der Waals surface area contributed by atoms with Crippen LogP contribution in [0.25, 0.3) is 0 Å². The first kappa shape index (κ1) is 16.5. The van der Waals surface area contributed by atoms with E-state index < -0.39 is 10.0 Å². The summed E-state index contributed by atoms with van der Waals surface area (Å²) in [5, 5.41) is 3.03. The van der Waals surface area contributed by atoms with Crippen molar-refractivity contribution in [1.29, 1.82) is 0 Å². The fourth-order valence-electron chi connectivity index (χ4n) is 3.00. The van der Waals surface area contributed by atoms with Crippen molar-refractivity contribution in [3.8, 4) is 0 Å². The molecule has 1 aliphatic heterocycles. The summed E-state index contributed by atoms with van der Waals surface area (Å²) < 4.78 is 33.2. The van der Waals surface area contributed by atoms with Gasteiger partial charge in [0.1, 0.15) is 16.4 Å². The molecule has 0 aromatic carbocycles. The molecule has 0 bridgehead atoms. The molecule has 5 nitrogen and oxygen atoms in total. The summed E-state index contributed by atoms with van der Waals surface area (Å²) in [4.78, 5) is 0.358. The van der Waals surface area contributed by atoms with E-state index in [0.717, 1.165) is 12.0 Å². The molecule has 1 aromatic rings. The first-order valence-electron chi connectivity index (χ1n) is 7.52. The molecular formula is C15H26N2O3S. The Morgan fingerprint density at radius 3 is 2.48 bits per heavy atom. The first-order valence-corrected chi connectivity index (χ1v) is 8.96. The van der Waals surface area contributed by atoms with Gasteiger partial charge in [0.05, 0.1) is 0 Å². The number of piperidine rings is 1. The number of hydrogen-bond acceptors (Lipinski definition) is 4. The number of nitrogens with one attached hydrogen (secondary N) is 1. The van der Waals surface area contributed by atoms with Gasteiger partial charge in [-0.25, -0.2) is 8.42 Å². The van der Waals surface area contributed by atoms with E-state index in [1.807, 2.05) is 14.0 Å². The van der Waals surface area contributed by atoms with E-state index >= 15 is 0 Å². The van der Waals surface area contributed by atoms with Gasteiger partial charge in [0.15, 0.2) is 0 Å². The third kappa shape index (κ3) is 3.03. The predicted molar refractivity (Wildman–Crippen MR) is 82.6 cm³/mol. The summed E-state index contributed by atoms with van der Waals surface area (Å²) in [6.07, 6.45) is 0.914. The van der Waals surface area contributed by atoms with Gasteiger partial charge in [-0.2, -0.15) is 4.31 Å². The van der Waals surface area contributed by atoms with Gasteiger partial charge in [-0.3, -0.25) is 0 Å². The molecule has 1 N–H and O–H groups in total. The fourth-order valence-corrected chi connectivity index (χ4v) is 4.97. The van der Waals surface area contributed by atoms with E-state index in [-0.39, 0.29) is 0 Å². The normalized spacial score (nSPS) is 24.4. The van der Waals surface area contributed by atoms with Crippen molar-refractivity contribution < 1.29 is 12.8 Å². The number of sulfonamides is 1. The zero-order valence-corrected chi connectivity index (χ0v) is 14.4. The van der Waals surface area contributed by atoms with Crippen molar-refractivity contribution in [2.24, 2.45) is 11.8 Å². The predicted octanol–water partition coefficient (Wildman–Crippen LogP) is 2.28. The number of nitrogens with zero attached hydrogens (tertiary/aromatic N) is 1. The van der Waals surface area contributed by atoms with Crippen LogP contribution in [0.15, 0.2) is 9.31 Å². The molecule has 0 radical (unpaired) electrons. The van der Waals surface area contributed by atoms with Gasteiger partial charge in [0.2, 0.25) is 10.0 Å². The van der Waals surface area contributed by atoms with Crippen LogP contribution in [0.4, 0.5) is 0 Å². The van der Waals surface area contributed by atoms with Crippen LogP contribution in [-0.4, -0.2) is 32.9 Å². The highest BCUT2D eigenvalue weighted by Gasteiger charge is 2.36. The third-order valence-electron chi connectivity index (χ3n) is 4.57. The summed E-state index contributed by atoms with van der Waals surface area (Å²) in [6.45, 7) is 9.54. The van der Waals surface area contributed by atoms with Gasteiger partial charge in [0, 0.05) is 25.2 Å². The van der Waals surface area contributed by atoms with Crippen LogP contribution in [0.3, 0.4) is 0 Å². The van der Waals surface area contributed by atoms with Gasteiger partial charge in [0.25, 0.3) is 0 Å². The minimum Gasteiger partial charge on any atom is -0.465 e. The average molecular weight is 314 g/mol. The van der Waals surface area contributed by atoms with E-state index in [0.29, 0.717) is 47.9 Å². The molecular weight excluding hydrogens is 288 g/mol. The van der Waals surface area contributed by atoms with Crippen molar-refractivity contribution in [3.05, 3.63) is 17.1 Å². The molecule has 1 fully saturated rings. The summed E-state index contributed by atoms with van der Waals surface area (Å²) in [6, 6.07) is 0. The third-order valence-corrected chi connectivity index (χ3v) is 6.63. The smallest absolute Gasteiger partial charge is 0.246 e. The monoisotopic (exact) mass is 314 g/mol. The zero-order chi connectivity index (χ0) is 15.8. The molecule has 0 saturated carbocycles. The van der Waals surface area contributed by atoms with Crippen molar-refractivity contribution in [2.45, 2.75) is 45.6 Å². The number of rotatable bonds is 4. The van der Waals surface area contributed by atoms with Crippen LogP contribution in [0.5, 0.6) is 0 Å². The highest BCUT2D eigenvalue weighted by molar-refractivity contribution is 7.89. The van der Waals surface area contributed by atoms with E-state index in [4.69, 9.17) is 4.42 Å². The Labute approximate surface area is 127 Å². The summed E-state index contributed by atoms with van der Waals surface area (Å²) in [5.74, 6) is 2.12. The standard InChI is InChI=1S/C15H26N2O3S/c1-10-6-7-17(9-11(10)2)21(18,19)15-13(4)20-12(3)14(15)8-16-5/h10-11,16H,6-9H2,1-5H3. The molecule has 1 aromatic heterocycles. The molecule has 21 heavy (non-hydrogen) atoms. The molecule has 1 saturated heterocycles. The Morgan fingerprint density at radius 1 is 1.24 bits per heavy atom. The van der Waals surface area contributed by atoms with Crippen LogP contribution in [-0.2, 0) is 16.6 Å². The maximum Gasteiger partial charge on any atom is 0.246 e. The number of furan rings is 1. The second-order valence-corrected chi connectivity index (χ2v) is 8.03. The van der Waals surface area contributed by atoms with Gasteiger partial charge < -0.3 is 9.73 Å². The van der Waals surface area contributed by atoms with Crippen LogP contribution in [0.2, 0.25) is 0 Å². The molecule has 2 atom stereocenters. The maximum atomic E-state index is 13.0. The lowest BCUT2D eigenvalue weighted by atomic mass is 9.90. The van der Waals surface area contributed by atoms with E-state index in [9.17, 15) is 8.42 Å². The van der Waals surface area contributed by atoms with Gasteiger partial charge >= 0.3 is 0 Å². The molecule has 2 unspecified atom stereocenters. The fraction of sp³-hybridized carbons (Fsp3) is 0.733. The summed E-state index contributed by atoms with van der Waals surface area (Å²) in [7, 11) is -1.67. The van der Waals surface area contributed by atoms with Crippen LogP contribution in [0.1, 0.15) is 37.4 Å². The minimum atomic E-state index is -3.48. The Balaban J connectivity index is 2.40. The van der Waals surface area contributed by atoms with Crippen LogP contribution < -0.4 is 5.32 Å². The highest BCUT2D eigenvalue weighted by atomic mass is 32.2. The lowest BCUT2D eigenvalue weighted by Crippen LogP contribution is -2.42. The van der Waals surface area contributed by atoms with Gasteiger partial charge in [-0.1, -0.05) is 13.8 Å². The zero-order valence-electron chi connectivity index (χ0n) is 13.6. The average Bonchev–Trinajstić information content (AvgIpc) is 2.68. The number of hydrogen-bond donors (Lipinski definition) is 1. The lowest BCUT2D eigenvalue weighted by molar-refractivity contribution is 0.212. The topological polar surface area (TPSA) is 62.6 Å². The minimum absolute atomic E-state index is 0.358. The van der Waals surface area contributed by atoms with E-state index in [2.05, 4.69) is 19.2 Å². The second kappa shape index (κ2) is 6.10. The van der Waals surface area contributed by atoms with Gasteiger partial charge in [-0.15, -0.1) is 0 Å². The largest absolute Gasteiger partial charge is 0.465 e. The Kier molecular flexibility index (Phi) is 4.80. The molecule has 0 amide bonds. The van der Waals surface area contributed by atoms with Crippen LogP contribution in [0, 0.1) is 25.7 Å². The molecule has 1 aliphatic rings. The van der Waals surface area contributed by atoms with Crippen LogP contribution >= 0.6 is 0 Å². The number of aryl methyl sites for hydroxylation is 2. The van der Waals surface area contributed by atoms with E-state index in [1.165, 1.54) is 0 Å². The lowest BCUT2D eigenvalue weighted by Gasteiger charge is -2.34. The maximum absolute atomic E-state index is 13.0.